The smallest absolute Gasteiger partial charge is 0.303 e. The second-order valence-electron chi connectivity index (χ2n) is 3.54. The van der Waals surface area contributed by atoms with E-state index in [2.05, 4.69) is 20.7 Å². The molecule has 1 rings (SSSR count). The van der Waals surface area contributed by atoms with E-state index >= 15 is 0 Å². The lowest BCUT2D eigenvalue weighted by Gasteiger charge is -2.08. The number of aliphatic carboxylic acids is 1. The highest BCUT2D eigenvalue weighted by atomic mass is 79.9. The fourth-order valence-corrected chi connectivity index (χ4v) is 2.66. The summed E-state index contributed by atoms with van der Waals surface area (Å²) in [6, 6.07) is 3.92. The molecule has 0 unspecified atom stereocenters. The molecule has 0 amide bonds. The monoisotopic (exact) mass is 339 g/mol. The lowest BCUT2D eigenvalue weighted by Crippen LogP contribution is -2.18. The molecule has 0 aromatic heterocycles. The fraction of sp³-hybridized carbons (Fsp3) is 0.300. The third kappa shape index (κ3) is 5.01. The van der Waals surface area contributed by atoms with Gasteiger partial charge in [0.1, 0.15) is 5.82 Å². The number of benzene rings is 1. The summed E-state index contributed by atoms with van der Waals surface area (Å²) >= 11 is 3.05. The summed E-state index contributed by atoms with van der Waals surface area (Å²) in [7, 11) is -3.73. The highest BCUT2D eigenvalue weighted by Crippen LogP contribution is 2.20. The van der Waals surface area contributed by atoms with Crippen molar-refractivity contribution >= 4 is 37.6 Å². The quantitative estimate of drug-likeness (QED) is 0.832. The van der Waals surface area contributed by atoms with E-state index in [1.807, 2.05) is 0 Å². The van der Waals surface area contributed by atoms with Gasteiger partial charge >= 0.3 is 5.97 Å². The van der Waals surface area contributed by atoms with E-state index in [0.29, 0.717) is 4.47 Å². The molecule has 0 heterocycles. The van der Waals surface area contributed by atoms with Crippen molar-refractivity contribution in [2.45, 2.75) is 12.8 Å². The molecule has 0 saturated carbocycles. The maximum Gasteiger partial charge on any atom is 0.303 e. The lowest BCUT2D eigenvalue weighted by molar-refractivity contribution is -0.137. The summed E-state index contributed by atoms with van der Waals surface area (Å²) in [5.74, 6) is -2.14. The number of anilines is 1. The molecule has 18 heavy (non-hydrogen) atoms. The fourth-order valence-electron chi connectivity index (χ4n) is 1.20. The van der Waals surface area contributed by atoms with Crippen molar-refractivity contribution in [2.75, 3.05) is 10.5 Å². The summed E-state index contributed by atoms with van der Waals surface area (Å²) < 4.78 is 39.0. The van der Waals surface area contributed by atoms with Crippen LogP contribution in [0.15, 0.2) is 22.7 Å². The SMILES string of the molecule is O=C(O)CCCS(=O)(=O)Nc1ccc(Br)cc1F. The van der Waals surface area contributed by atoms with E-state index < -0.39 is 21.8 Å². The van der Waals surface area contributed by atoms with Gasteiger partial charge in [0.15, 0.2) is 0 Å². The van der Waals surface area contributed by atoms with Gasteiger partial charge in [-0.05, 0) is 24.6 Å². The Kier molecular flexibility index (Phi) is 5.09. The number of carboxylic acids is 1. The first kappa shape index (κ1) is 14.9. The molecular formula is C10H11BrFNO4S. The van der Waals surface area contributed by atoms with Crippen LogP contribution in [-0.2, 0) is 14.8 Å². The van der Waals surface area contributed by atoms with Gasteiger partial charge in [-0.1, -0.05) is 15.9 Å². The van der Waals surface area contributed by atoms with Crippen LogP contribution >= 0.6 is 15.9 Å². The number of rotatable bonds is 6. The number of hydrogen-bond donors (Lipinski definition) is 2. The van der Waals surface area contributed by atoms with Crippen molar-refractivity contribution in [3.63, 3.8) is 0 Å². The largest absolute Gasteiger partial charge is 0.481 e. The molecule has 0 radical (unpaired) electrons. The highest BCUT2D eigenvalue weighted by molar-refractivity contribution is 9.10. The van der Waals surface area contributed by atoms with Gasteiger partial charge in [0.25, 0.3) is 0 Å². The number of halogens is 2. The Bertz CT molecular complexity index is 547. The highest BCUT2D eigenvalue weighted by Gasteiger charge is 2.14. The average molecular weight is 340 g/mol. The molecule has 5 nitrogen and oxygen atoms in total. The van der Waals surface area contributed by atoms with Gasteiger partial charge in [0.05, 0.1) is 11.4 Å². The normalized spacial score (nSPS) is 11.2. The zero-order valence-electron chi connectivity index (χ0n) is 9.19. The molecule has 0 aliphatic heterocycles. The first-order valence-corrected chi connectivity index (χ1v) is 7.42. The minimum absolute atomic E-state index is 0.0250. The third-order valence-electron chi connectivity index (χ3n) is 2.00. The zero-order chi connectivity index (χ0) is 13.8. The van der Waals surface area contributed by atoms with Crippen LogP contribution in [0.2, 0.25) is 0 Å². The minimum atomic E-state index is -3.73. The van der Waals surface area contributed by atoms with Crippen molar-refractivity contribution in [1.82, 2.24) is 0 Å². The second kappa shape index (κ2) is 6.14. The Morgan fingerprint density at radius 2 is 2.11 bits per heavy atom. The predicted octanol–water partition coefficient (Wildman–Crippen LogP) is 2.19. The predicted molar refractivity (Wildman–Crippen MR) is 68.4 cm³/mol. The topological polar surface area (TPSA) is 83.5 Å². The molecule has 100 valence electrons. The molecule has 0 atom stereocenters. The molecule has 2 N–H and O–H groups in total. The van der Waals surface area contributed by atoms with Gasteiger partial charge in [0, 0.05) is 10.9 Å². The maximum atomic E-state index is 13.4. The molecule has 0 fully saturated rings. The summed E-state index contributed by atoms with van der Waals surface area (Å²) in [6.07, 6.45) is -0.271. The number of hydrogen-bond acceptors (Lipinski definition) is 3. The van der Waals surface area contributed by atoms with Crippen LogP contribution in [-0.4, -0.2) is 25.2 Å². The van der Waals surface area contributed by atoms with E-state index in [0.717, 1.165) is 6.07 Å². The van der Waals surface area contributed by atoms with E-state index in [-0.39, 0.29) is 24.3 Å². The van der Waals surface area contributed by atoms with Crippen LogP contribution in [0, 0.1) is 5.82 Å². The van der Waals surface area contributed by atoms with Crippen molar-refractivity contribution in [3.05, 3.63) is 28.5 Å². The number of carboxylic acid groups (broad SMARTS) is 1. The van der Waals surface area contributed by atoms with Crippen LogP contribution in [0.4, 0.5) is 10.1 Å². The van der Waals surface area contributed by atoms with Gasteiger partial charge in [-0.15, -0.1) is 0 Å². The zero-order valence-corrected chi connectivity index (χ0v) is 11.6. The molecule has 1 aromatic rings. The third-order valence-corrected chi connectivity index (χ3v) is 3.85. The maximum absolute atomic E-state index is 13.4. The van der Waals surface area contributed by atoms with Crippen LogP contribution in [0.3, 0.4) is 0 Å². The van der Waals surface area contributed by atoms with Crippen molar-refractivity contribution in [1.29, 1.82) is 0 Å². The van der Waals surface area contributed by atoms with Crippen molar-refractivity contribution in [3.8, 4) is 0 Å². The van der Waals surface area contributed by atoms with Crippen LogP contribution in [0.5, 0.6) is 0 Å². The molecule has 0 bridgehead atoms. The Hall–Kier alpha value is -1.15. The molecule has 8 heteroatoms. The van der Waals surface area contributed by atoms with Crippen molar-refractivity contribution < 1.29 is 22.7 Å². The Morgan fingerprint density at radius 1 is 1.44 bits per heavy atom. The molecule has 0 aliphatic rings. The summed E-state index contributed by atoms with van der Waals surface area (Å²) in [4.78, 5) is 10.3. The van der Waals surface area contributed by atoms with Crippen LogP contribution in [0.1, 0.15) is 12.8 Å². The number of sulfonamides is 1. The lowest BCUT2D eigenvalue weighted by atomic mass is 10.3. The Morgan fingerprint density at radius 3 is 2.67 bits per heavy atom. The van der Waals surface area contributed by atoms with Gasteiger partial charge < -0.3 is 5.11 Å². The number of carbonyl (C=O) groups is 1. The van der Waals surface area contributed by atoms with Gasteiger partial charge in [-0.3, -0.25) is 9.52 Å². The van der Waals surface area contributed by atoms with Crippen LogP contribution < -0.4 is 4.72 Å². The molecular weight excluding hydrogens is 329 g/mol. The number of nitrogens with one attached hydrogen (secondary N) is 1. The summed E-state index contributed by atoms with van der Waals surface area (Å²) in [6.45, 7) is 0. The Labute approximate surface area is 112 Å². The van der Waals surface area contributed by atoms with E-state index in [4.69, 9.17) is 5.11 Å². The van der Waals surface area contributed by atoms with Gasteiger partial charge in [-0.25, -0.2) is 12.8 Å². The van der Waals surface area contributed by atoms with Gasteiger partial charge in [0.2, 0.25) is 10.0 Å². The average Bonchev–Trinajstić information content (AvgIpc) is 2.21. The minimum Gasteiger partial charge on any atom is -0.481 e. The first-order chi connectivity index (χ1) is 8.30. The molecule has 0 aliphatic carbocycles. The van der Waals surface area contributed by atoms with E-state index in [1.54, 1.807) is 0 Å². The summed E-state index contributed by atoms with van der Waals surface area (Å²) in [5, 5.41) is 8.39. The molecule has 0 spiro atoms. The standard InChI is InChI=1S/C10H11BrFNO4S/c11-7-3-4-9(8(12)6-7)13-18(16,17)5-1-2-10(14)15/h3-4,6,13H,1-2,5H2,(H,14,15). The first-order valence-electron chi connectivity index (χ1n) is 4.97. The molecule has 0 saturated heterocycles. The summed E-state index contributed by atoms with van der Waals surface area (Å²) in [5.41, 5.74) is -0.159. The Balaban J connectivity index is 2.67. The van der Waals surface area contributed by atoms with E-state index in [1.165, 1.54) is 12.1 Å². The second-order valence-corrected chi connectivity index (χ2v) is 6.30. The van der Waals surface area contributed by atoms with Crippen LogP contribution in [0.25, 0.3) is 0 Å². The van der Waals surface area contributed by atoms with Crippen molar-refractivity contribution in [2.24, 2.45) is 0 Å². The van der Waals surface area contributed by atoms with Gasteiger partial charge in [-0.2, -0.15) is 0 Å². The van der Waals surface area contributed by atoms with E-state index in [9.17, 15) is 17.6 Å². The molecule has 1 aromatic carbocycles.